The number of rotatable bonds is 13. The molecular weight excluding hydrogens is 438 g/mol. The maximum atomic E-state index is 9.42. The van der Waals surface area contributed by atoms with Crippen LogP contribution in [0.25, 0.3) is 0 Å². The number of benzene rings is 1. The molecule has 3 heteroatoms. The van der Waals surface area contributed by atoms with Gasteiger partial charge < -0.3 is 5.32 Å². The molecule has 0 spiro atoms. The average Bonchev–Trinajstić information content (AvgIpc) is 3.70. The smallest absolute Gasteiger partial charge is 0.0991 e. The molecule has 0 saturated heterocycles. The molecule has 1 aliphatic carbocycles. The molecule has 1 aromatic rings. The minimum atomic E-state index is 0.105. The van der Waals surface area contributed by atoms with E-state index in [9.17, 15) is 5.26 Å². The lowest BCUT2D eigenvalue weighted by atomic mass is 9.83. The second-order valence-corrected chi connectivity index (χ2v) is 10.1. The highest BCUT2D eigenvalue weighted by Crippen LogP contribution is 2.44. The number of hydrogen-bond donors (Lipinski definition) is 1. The van der Waals surface area contributed by atoms with Gasteiger partial charge in [-0.15, -0.1) is 6.42 Å². The minimum absolute atomic E-state index is 0.105. The number of aryl methyl sites for hydroxylation is 1. The Morgan fingerprint density at radius 3 is 2.53 bits per heavy atom. The highest BCUT2D eigenvalue weighted by atomic mass is 14.9. The Morgan fingerprint density at radius 1 is 1.31 bits per heavy atom. The molecule has 190 valence electrons. The van der Waals surface area contributed by atoms with Gasteiger partial charge in [0.2, 0.25) is 0 Å². The third-order valence-electron chi connectivity index (χ3n) is 7.05. The first-order valence-electron chi connectivity index (χ1n) is 13.1. The van der Waals surface area contributed by atoms with Crippen LogP contribution in [-0.2, 0) is 0 Å². The number of nitriles is 1. The van der Waals surface area contributed by atoms with E-state index in [0.717, 1.165) is 42.7 Å². The first-order chi connectivity index (χ1) is 17.2. The van der Waals surface area contributed by atoms with Crippen molar-refractivity contribution in [3.05, 3.63) is 82.0 Å². The minimum Gasteiger partial charge on any atom is -0.303 e. The fourth-order valence-corrected chi connectivity index (χ4v) is 4.63. The maximum absolute atomic E-state index is 9.42. The summed E-state index contributed by atoms with van der Waals surface area (Å²) in [5.41, 5.74) is 10.2. The zero-order chi connectivity index (χ0) is 26.8. The van der Waals surface area contributed by atoms with E-state index in [1.807, 2.05) is 25.2 Å². The topological polar surface area (TPSA) is 48.2 Å². The molecule has 1 N–H and O–H groups in total. The second kappa shape index (κ2) is 13.8. The lowest BCUT2D eigenvalue weighted by Gasteiger charge is -2.22. The molecule has 0 radical (unpaired) electrons. The van der Waals surface area contributed by atoms with Crippen molar-refractivity contribution in [2.45, 2.75) is 78.7 Å². The van der Waals surface area contributed by atoms with Gasteiger partial charge in [0.1, 0.15) is 0 Å². The Kier molecular flexibility index (Phi) is 11.2. The molecular formula is C33H43N3. The molecule has 0 aromatic heterocycles. The molecule has 2 rings (SSSR count). The van der Waals surface area contributed by atoms with E-state index < -0.39 is 0 Å². The van der Waals surface area contributed by atoms with Gasteiger partial charge >= 0.3 is 0 Å². The van der Waals surface area contributed by atoms with Crippen molar-refractivity contribution in [1.29, 1.82) is 5.26 Å². The predicted octanol–water partition coefficient (Wildman–Crippen LogP) is 7.61. The average molecular weight is 482 g/mol. The molecule has 1 aromatic carbocycles. The number of allylic oxidation sites excluding steroid dienone is 5. The standard InChI is InChI=1S/C33H43N3/c1-10-29(11-2)36-17-16-23(5)18-30(22(3)4)33(26(8)35-9)32(28-14-15-28)19-25(7)31-20-27(21-34)13-12-24(31)6/h1,12-13,19-20,25,28-29,36H,3,5,11,14-18H2,2,4,6-9H3/b32-19-,33-30+,35-26-/t25?,29-/m1/s1. The molecule has 1 saturated carbocycles. The zero-order valence-electron chi connectivity index (χ0n) is 23.2. The molecule has 1 unspecified atom stereocenters. The summed E-state index contributed by atoms with van der Waals surface area (Å²) in [6, 6.07) is 8.36. The molecule has 0 bridgehead atoms. The Labute approximate surface area is 219 Å². The van der Waals surface area contributed by atoms with Crippen molar-refractivity contribution >= 4 is 5.71 Å². The largest absolute Gasteiger partial charge is 0.303 e. The summed E-state index contributed by atoms with van der Waals surface area (Å²) < 4.78 is 0. The van der Waals surface area contributed by atoms with E-state index in [1.165, 1.54) is 40.7 Å². The molecule has 0 aliphatic heterocycles. The van der Waals surface area contributed by atoms with Crippen LogP contribution < -0.4 is 5.32 Å². The van der Waals surface area contributed by atoms with Gasteiger partial charge in [-0.3, -0.25) is 4.99 Å². The van der Waals surface area contributed by atoms with Crippen molar-refractivity contribution in [1.82, 2.24) is 5.32 Å². The van der Waals surface area contributed by atoms with Crippen molar-refractivity contribution in [2.75, 3.05) is 13.6 Å². The normalized spacial score (nSPS) is 16.4. The second-order valence-electron chi connectivity index (χ2n) is 10.1. The van der Waals surface area contributed by atoms with E-state index in [4.69, 9.17) is 6.42 Å². The van der Waals surface area contributed by atoms with E-state index in [-0.39, 0.29) is 12.0 Å². The third-order valence-corrected chi connectivity index (χ3v) is 7.05. The van der Waals surface area contributed by atoms with E-state index >= 15 is 0 Å². The number of nitrogens with one attached hydrogen (secondary N) is 1. The number of hydrogen-bond acceptors (Lipinski definition) is 3. The van der Waals surface area contributed by atoms with Gasteiger partial charge in [0.25, 0.3) is 0 Å². The van der Waals surface area contributed by atoms with E-state index in [0.29, 0.717) is 11.5 Å². The van der Waals surface area contributed by atoms with Crippen molar-refractivity contribution < 1.29 is 0 Å². The van der Waals surface area contributed by atoms with Crippen molar-refractivity contribution in [2.24, 2.45) is 10.9 Å². The highest BCUT2D eigenvalue weighted by molar-refractivity contribution is 6.03. The first kappa shape index (κ1) is 29.1. The lowest BCUT2D eigenvalue weighted by molar-refractivity contribution is 0.590. The van der Waals surface area contributed by atoms with Crippen LogP contribution in [0.2, 0.25) is 0 Å². The number of terminal acetylenes is 1. The van der Waals surface area contributed by atoms with Crippen molar-refractivity contribution in [3.63, 3.8) is 0 Å². The SMILES string of the molecule is C#C[C@H](CC)NCCC(=C)C/C(C(=C)C)=C(C(=C/C(C)c1cc(C#N)ccc1C)\C1CC1)/C(C)=N\C. The quantitative estimate of drug-likeness (QED) is 0.136. The van der Waals surface area contributed by atoms with Gasteiger partial charge in [-0.1, -0.05) is 56.2 Å². The van der Waals surface area contributed by atoms with Crippen LogP contribution in [0.15, 0.2) is 70.3 Å². The van der Waals surface area contributed by atoms with Crippen LogP contribution in [0.3, 0.4) is 0 Å². The van der Waals surface area contributed by atoms with Crippen molar-refractivity contribution in [3.8, 4) is 18.4 Å². The third kappa shape index (κ3) is 7.94. The van der Waals surface area contributed by atoms with Crippen LogP contribution >= 0.6 is 0 Å². The van der Waals surface area contributed by atoms with Gasteiger partial charge in [0.15, 0.2) is 0 Å². The number of nitrogens with zero attached hydrogens (tertiary/aromatic N) is 2. The van der Waals surface area contributed by atoms with Gasteiger partial charge in [-0.25, -0.2) is 0 Å². The van der Waals surface area contributed by atoms with Gasteiger partial charge in [0, 0.05) is 18.3 Å². The van der Waals surface area contributed by atoms with Crippen LogP contribution in [0.4, 0.5) is 0 Å². The highest BCUT2D eigenvalue weighted by Gasteiger charge is 2.31. The lowest BCUT2D eigenvalue weighted by Crippen LogP contribution is -2.27. The maximum Gasteiger partial charge on any atom is 0.0991 e. The monoisotopic (exact) mass is 481 g/mol. The summed E-state index contributed by atoms with van der Waals surface area (Å²) >= 11 is 0. The number of aliphatic imine (C=N–C) groups is 1. The summed E-state index contributed by atoms with van der Waals surface area (Å²) in [6.45, 7) is 20.2. The summed E-state index contributed by atoms with van der Waals surface area (Å²) in [6.07, 6.45) is 12.9. The molecule has 1 fully saturated rings. The van der Waals surface area contributed by atoms with Crippen LogP contribution in [0.1, 0.15) is 82.4 Å². The Balaban J connectivity index is 2.48. The first-order valence-corrected chi connectivity index (χ1v) is 13.1. The molecule has 0 amide bonds. The van der Waals surface area contributed by atoms with E-state index in [1.54, 1.807) is 0 Å². The molecule has 3 nitrogen and oxygen atoms in total. The Bertz CT molecular complexity index is 1140. The van der Waals surface area contributed by atoms with Gasteiger partial charge in [0.05, 0.1) is 17.7 Å². The molecule has 36 heavy (non-hydrogen) atoms. The van der Waals surface area contributed by atoms with E-state index in [2.05, 4.69) is 76.2 Å². The summed E-state index contributed by atoms with van der Waals surface area (Å²) in [7, 11) is 1.86. The van der Waals surface area contributed by atoms with Crippen LogP contribution in [0, 0.1) is 36.5 Å². The predicted molar refractivity (Wildman–Crippen MR) is 155 cm³/mol. The Morgan fingerprint density at radius 2 is 2.00 bits per heavy atom. The van der Waals surface area contributed by atoms with Crippen LogP contribution in [-0.4, -0.2) is 25.3 Å². The molecule has 1 aliphatic rings. The van der Waals surface area contributed by atoms with Gasteiger partial charge in [-0.05, 0) is 106 Å². The van der Waals surface area contributed by atoms with Crippen LogP contribution in [0.5, 0.6) is 0 Å². The molecule has 0 heterocycles. The van der Waals surface area contributed by atoms with Gasteiger partial charge in [-0.2, -0.15) is 5.26 Å². The zero-order valence-corrected chi connectivity index (χ0v) is 23.2. The fraction of sp³-hybridized carbons (Fsp3) is 0.455. The Hall–Kier alpha value is -3.14. The molecule has 2 atom stereocenters. The fourth-order valence-electron chi connectivity index (χ4n) is 4.63. The summed E-state index contributed by atoms with van der Waals surface area (Å²) in [4.78, 5) is 4.63. The summed E-state index contributed by atoms with van der Waals surface area (Å²) in [5.74, 6) is 3.51. The summed E-state index contributed by atoms with van der Waals surface area (Å²) in [5, 5.41) is 12.9.